The second-order valence-corrected chi connectivity index (χ2v) is 5.30. The van der Waals surface area contributed by atoms with Gasteiger partial charge in [-0.2, -0.15) is 5.10 Å². The fraction of sp³-hybridized carbons (Fsp3) is 0.692. The Bertz CT molecular complexity index is 440. The number of aromatic nitrogens is 2. The van der Waals surface area contributed by atoms with Crippen molar-refractivity contribution < 1.29 is 4.79 Å². The SMILES string of the molecule is CCC1CCC(NC(=O)c2n[nH]c(C)c2N)C1C. The summed E-state index contributed by atoms with van der Waals surface area (Å²) in [4.78, 5) is 12.1. The highest BCUT2D eigenvalue weighted by Gasteiger charge is 2.33. The molecular formula is C13H22N4O. The van der Waals surface area contributed by atoms with Gasteiger partial charge in [0, 0.05) is 6.04 Å². The van der Waals surface area contributed by atoms with E-state index in [1.54, 1.807) is 0 Å². The molecular weight excluding hydrogens is 228 g/mol. The van der Waals surface area contributed by atoms with Crippen LogP contribution >= 0.6 is 0 Å². The Balaban J connectivity index is 2.02. The molecule has 0 saturated heterocycles. The first-order valence-electron chi connectivity index (χ1n) is 6.65. The minimum absolute atomic E-state index is 0.162. The van der Waals surface area contributed by atoms with Crippen molar-refractivity contribution >= 4 is 11.6 Å². The molecule has 1 saturated carbocycles. The van der Waals surface area contributed by atoms with Gasteiger partial charge < -0.3 is 11.1 Å². The molecule has 100 valence electrons. The smallest absolute Gasteiger partial charge is 0.274 e. The van der Waals surface area contributed by atoms with E-state index in [1.165, 1.54) is 12.8 Å². The van der Waals surface area contributed by atoms with Crippen LogP contribution in [0.5, 0.6) is 0 Å². The molecule has 0 radical (unpaired) electrons. The molecule has 0 aliphatic heterocycles. The van der Waals surface area contributed by atoms with Crippen molar-refractivity contribution in [1.29, 1.82) is 0 Å². The van der Waals surface area contributed by atoms with E-state index in [9.17, 15) is 4.79 Å². The summed E-state index contributed by atoms with van der Waals surface area (Å²) >= 11 is 0. The molecule has 1 amide bonds. The lowest BCUT2D eigenvalue weighted by Crippen LogP contribution is -2.38. The topological polar surface area (TPSA) is 83.8 Å². The molecule has 0 spiro atoms. The van der Waals surface area contributed by atoms with Gasteiger partial charge in [0.1, 0.15) is 0 Å². The third kappa shape index (κ3) is 2.21. The minimum atomic E-state index is -0.162. The van der Waals surface area contributed by atoms with E-state index < -0.39 is 0 Å². The van der Waals surface area contributed by atoms with Gasteiger partial charge in [-0.3, -0.25) is 9.89 Å². The molecule has 3 unspecified atom stereocenters. The number of nitrogen functional groups attached to an aromatic ring is 1. The van der Waals surface area contributed by atoms with E-state index >= 15 is 0 Å². The second kappa shape index (κ2) is 5.00. The summed E-state index contributed by atoms with van der Waals surface area (Å²) in [6.45, 7) is 6.23. The number of aryl methyl sites for hydroxylation is 1. The number of carbonyl (C=O) groups excluding carboxylic acids is 1. The average molecular weight is 250 g/mol. The molecule has 2 rings (SSSR count). The van der Waals surface area contributed by atoms with Crippen LogP contribution in [-0.4, -0.2) is 22.1 Å². The molecule has 1 aromatic rings. The Kier molecular flexibility index (Phi) is 3.59. The number of amides is 1. The van der Waals surface area contributed by atoms with Crippen molar-refractivity contribution in [3.05, 3.63) is 11.4 Å². The van der Waals surface area contributed by atoms with Crippen molar-refractivity contribution in [2.24, 2.45) is 11.8 Å². The van der Waals surface area contributed by atoms with Crippen LogP contribution in [0.1, 0.15) is 49.3 Å². The molecule has 1 aromatic heterocycles. The molecule has 1 fully saturated rings. The average Bonchev–Trinajstić information content (AvgIpc) is 2.85. The van der Waals surface area contributed by atoms with Crippen LogP contribution in [0.15, 0.2) is 0 Å². The molecule has 1 aliphatic rings. The summed E-state index contributed by atoms with van der Waals surface area (Å²) in [7, 11) is 0. The van der Waals surface area contributed by atoms with Crippen LogP contribution in [0.2, 0.25) is 0 Å². The van der Waals surface area contributed by atoms with E-state index in [4.69, 9.17) is 5.73 Å². The number of aromatic amines is 1. The van der Waals surface area contributed by atoms with E-state index in [2.05, 4.69) is 29.4 Å². The van der Waals surface area contributed by atoms with Crippen LogP contribution in [0.25, 0.3) is 0 Å². The molecule has 0 aromatic carbocycles. The van der Waals surface area contributed by atoms with Crippen LogP contribution in [0.4, 0.5) is 5.69 Å². The quantitative estimate of drug-likeness (QED) is 0.765. The number of hydrogen-bond donors (Lipinski definition) is 3. The van der Waals surface area contributed by atoms with Gasteiger partial charge in [0.2, 0.25) is 0 Å². The first kappa shape index (κ1) is 12.9. The maximum Gasteiger partial charge on any atom is 0.274 e. The Morgan fingerprint density at radius 1 is 1.56 bits per heavy atom. The van der Waals surface area contributed by atoms with E-state index in [1.807, 2.05) is 6.92 Å². The van der Waals surface area contributed by atoms with Gasteiger partial charge in [0.25, 0.3) is 5.91 Å². The third-order valence-corrected chi connectivity index (χ3v) is 4.28. The summed E-state index contributed by atoms with van der Waals surface area (Å²) in [5.74, 6) is 1.08. The molecule has 5 nitrogen and oxygen atoms in total. The number of H-pyrrole nitrogens is 1. The van der Waals surface area contributed by atoms with E-state index in [0.717, 1.165) is 12.1 Å². The fourth-order valence-electron chi connectivity index (χ4n) is 2.88. The van der Waals surface area contributed by atoms with Gasteiger partial charge in [-0.1, -0.05) is 20.3 Å². The number of hydrogen-bond acceptors (Lipinski definition) is 3. The van der Waals surface area contributed by atoms with Gasteiger partial charge in [0.15, 0.2) is 5.69 Å². The number of nitrogens with two attached hydrogens (primary N) is 1. The number of nitrogens with zero attached hydrogens (tertiary/aromatic N) is 1. The van der Waals surface area contributed by atoms with E-state index in [-0.39, 0.29) is 11.9 Å². The number of rotatable bonds is 3. The molecule has 18 heavy (non-hydrogen) atoms. The summed E-state index contributed by atoms with van der Waals surface area (Å²) in [5.41, 5.74) is 7.32. The molecule has 4 N–H and O–H groups in total. The molecule has 1 heterocycles. The molecule has 3 atom stereocenters. The van der Waals surface area contributed by atoms with Crippen LogP contribution in [0.3, 0.4) is 0 Å². The first-order valence-corrected chi connectivity index (χ1v) is 6.65. The number of nitrogens with one attached hydrogen (secondary N) is 2. The Morgan fingerprint density at radius 3 is 2.78 bits per heavy atom. The Hall–Kier alpha value is -1.52. The van der Waals surface area contributed by atoms with Crippen LogP contribution < -0.4 is 11.1 Å². The summed E-state index contributed by atoms with van der Waals surface area (Å²) < 4.78 is 0. The maximum absolute atomic E-state index is 12.1. The van der Waals surface area contributed by atoms with Gasteiger partial charge in [-0.15, -0.1) is 0 Å². The van der Waals surface area contributed by atoms with Crippen LogP contribution in [0, 0.1) is 18.8 Å². The lowest BCUT2D eigenvalue weighted by molar-refractivity contribution is 0.0922. The standard InChI is InChI=1S/C13H22N4O/c1-4-9-5-6-10(7(9)2)15-13(18)12-11(14)8(3)16-17-12/h7,9-10H,4-6,14H2,1-3H3,(H,15,18)(H,16,17). The van der Waals surface area contributed by atoms with Crippen molar-refractivity contribution in [1.82, 2.24) is 15.5 Å². The van der Waals surface area contributed by atoms with Crippen molar-refractivity contribution in [3.8, 4) is 0 Å². The normalized spacial score (nSPS) is 27.4. The zero-order valence-corrected chi connectivity index (χ0v) is 11.3. The van der Waals surface area contributed by atoms with Gasteiger partial charge in [0.05, 0.1) is 11.4 Å². The molecule has 5 heteroatoms. The van der Waals surface area contributed by atoms with Gasteiger partial charge in [-0.25, -0.2) is 0 Å². The van der Waals surface area contributed by atoms with Crippen molar-refractivity contribution in [3.63, 3.8) is 0 Å². The second-order valence-electron chi connectivity index (χ2n) is 5.30. The Morgan fingerprint density at radius 2 is 2.28 bits per heavy atom. The summed E-state index contributed by atoms with van der Waals surface area (Å²) in [6, 6.07) is 0.249. The molecule has 1 aliphatic carbocycles. The third-order valence-electron chi connectivity index (χ3n) is 4.28. The van der Waals surface area contributed by atoms with Gasteiger partial charge >= 0.3 is 0 Å². The summed E-state index contributed by atoms with van der Waals surface area (Å²) in [6.07, 6.45) is 3.42. The lowest BCUT2D eigenvalue weighted by Gasteiger charge is -2.20. The van der Waals surface area contributed by atoms with Crippen LogP contribution in [-0.2, 0) is 0 Å². The largest absolute Gasteiger partial charge is 0.395 e. The van der Waals surface area contributed by atoms with Crippen molar-refractivity contribution in [2.45, 2.75) is 46.1 Å². The monoisotopic (exact) mass is 250 g/mol. The fourth-order valence-corrected chi connectivity index (χ4v) is 2.88. The number of anilines is 1. The zero-order valence-electron chi connectivity index (χ0n) is 11.3. The Labute approximate surface area is 108 Å². The highest BCUT2D eigenvalue weighted by atomic mass is 16.2. The minimum Gasteiger partial charge on any atom is -0.395 e. The lowest BCUT2D eigenvalue weighted by atomic mass is 9.93. The van der Waals surface area contributed by atoms with Crippen molar-refractivity contribution in [2.75, 3.05) is 5.73 Å². The summed E-state index contributed by atoms with van der Waals surface area (Å²) in [5, 5.41) is 9.76. The zero-order chi connectivity index (χ0) is 13.3. The molecule has 0 bridgehead atoms. The number of carbonyl (C=O) groups is 1. The highest BCUT2D eigenvalue weighted by Crippen LogP contribution is 2.34. The maximum atomic E-state index is 12.1. The predicted molar refractivity (Wildman–Crippen MR) is 71.2 cm³/mol. The van der Waals surface area contributed by atoms with E-state index in [0.29, 0.717) is 23.2 Å². The van der Waals surface area contributed by atoms with Gasteiger partial charge in [-0.05, 0) is 31.6 Å². The first-order chi connectivity index (χ1) is 8.54. The highest BCUT2D eigenvalue weighted by molar-refractivity contribution is 5.97. The predicted octanol–water partition coefficient (Wildman–Crippen LogP) is 1.85.